The van der Waals surface area contributed by atoms with Crippen molar-refractivity contribution in [1.82, 2.24) is 5.32 Å². The molecule has 0 atom stereocenters. The number of anilines is 1. The standard InChI is InChI=1S/C35H51N3O3S/c1-5-6-7-8-9-10-11-12-13-14-15-16-22-41-33-21-20-31(24-34(33)40-4)27-38(35(39)36-3)32-19-17-18-30(23-32)26-37-25-29(2)42-28-37/h17-21,23-25,28H,5-16,22,26-27H2,1-4H3/p+1. The Morgan fingerprint density at radius 2 is 1.57 bits per heavy atom. The molecule has 3 rings (SSSR count). The van der Waals surface area contributed by atoms with Crippen molar-refractivity contribution in [3.63, 3.8) is 0 Å². The van der Waals surface area contributed by atoms with Gasteiger partial charge in [-0.1, -0.05) is 107 Å². The van der Waals surface area contributed by atoms with E-state index in [9.17, 15) is 4.79 Å². The first-order valence-corrected chi connectivity index (χ1v) is 16.7. The highest BCUT2D eigenvalue weighted by Gasteiger charge is 2.18. The van der Waals surface area contributed by atoms with Crippen molar-refractivity contribution in [3.8, 4) is 11.5 Å². The summed E-state index contributed by atoms with van der Waals surface area (Å²) in [5.41, 5.74) is 5.09. The second-order valence-electron chi connectivity index (χ2n) is 11.2. The molecular formula is C35H52N3O3S+. The third-order valence-electron chi connectivity index (χ3n) is 7.59. The van der Waals surface area contributed by atoms with E-state index in [4.69, 9.17) is 9.47 Å². The SMILES string of the molecule is CCCCCCCCCCCCCCOc1ccc(CN(C(=O)NC)c2cccc(C[n+]3csc(C)c3)c2)cc1OC. The van der Waals surface area contributed by atoms with Gasteiger partial charge >= 0.3 is 6.03 Å². The third kappa shape index (κ3) is 11.7. The molecule has 0 bridgehead atoms. The lowest BCUT2D eigenvalue weighted by Gasteiger charge is -2.23. The molecule has 2 aromatic carbocycles. The van der Waals surface area contributed by atoms with E-state index in [-0.39, 0.29) is 6.03 Å². The Bertz CT molecular complexity index is 1200. The fourth-order valence-corrected chi connectivity index (χ4v) is 5.85. The van der Waals surface area contributed by atoms with Crippen molar-refractivity contribution in [3.05, 3.63) is 70.2 Å². The van der Waals surface area contributed by atoms with Gasteiger partial charge in [0.05, 0.1) is 25.1 Å². The van der Waals surface area contributed by atoms with Gasteiger partial charge in [0.2, 0.25) is 5.51 Å². The van der Waals surface area contributed by atoms with Crippen LogP contribution in [0.5, 0.6) is 11.5 Å². The van der Waals surface area contributed by atoms with Gasteiger partial charge in [-0.05, 0) is 43.2 Å². The summed E-state index contributed by atoms with van der Waals surface area (Å²) in [6, 6.07) is 14.0. The summed E-state index contributed by atoms with van der Waals surface area (Å²) in [7, 11) is 3.33. The van der Waals surface area contributed by atoms with Crippen LogP contribution < -0.4 is 24.3 Å². The molecule has 0 aliphatic heterocycles. The van der Waals surface area contributed by atoms with Crippen molar-refractivity contribution in [2.24, 2.45) is 0 Å². The molecule has 230 valence electrons. The Kier molecular flexibility index (Phi) is 15.3. The smallest absolute Gasteiger partial charge is 0.321 e. The lowest BCUT2D eigenvalue weighted by molar-refractivity contribution is -0.683. The normalized spacial score (nSPS) is 11.0. The molecule has 0 saturated heterocycles. The fourth-order valence-electron chi connectivity index (χ4n) is 5.21. The molecule has 0 fully saturated rings. The number of ether oxygens (including phenoxy) is 2. The Morgan fingerprint density at radius 1 is 0.881 bits per heavy atom. The maximum atomic E-state index is 12.9. The van der Waals surface area contributed by atoms with Crippen LogP contribution in [0.1, 0.15) is 100.0 Å². The predicted octanol–water partition coefficient (Wildman–Crippen LogP) is 8.83. The second-order valence-corrected chi connectivity index (χ2v) is 12.3. The van der Waals surface area contributed by atoms with Crippen LogP contribution in [0.4, 0.5) is 10.5 Å². The number of rotatable bonds is 20. The van der Waals surface area contributed by atoms with E-state index in [1.54, 1.807) is 30.4 Å². The molecule has 0 unspecified atom stereocenters. The van der Waals surface area contributed by atoms with Gasteiger partial charge in [0.25, 0.3) is 0 Å². The number of carbonyl (C=O) groups excluding carboxylic acids is 1. The van der Waals surface area contributed by atoms with Gasteiger partial charge in [-0.3, -0.25) is 4.90 Å². The zero-order chi connectivity index (χ0) is 30.0. The predicted molar refractivity (Wildman–Crippen MR) is 175 cm³/mol. The summed E-state index contributed by atoms with van der Waals surface area (Å²) < 4.78 is 13.9. The van der Waals surface area contributed by atoms with Gasteiger partial charge in [0.15, 0.2) is 24.2 Å². The highest BCUT2D eigenvalue weighted by atomic mass is 32.1. The number of aryl methyl sites for hydroxylation is 1. The highest BCUT2D eigenvalue weighted by Crippen LogP contribution is 2.30. The topological polar surface area (TPSA) is 54.7 Å². The van der Waals surface area contributed by atoms with E-state index in [1.165, 1.54) is 75.5 Å². The maximum Gasteiger partial charge on any atom is 0.321 e. The maximum absolute atomic E-state index is 12.9. The first kappa shape index (κ1) is 33.4. The molecule has 0 spiro atoms. The first-order valence-electron chi connectivity index (χ1n) is 15.9. The Morgan fingerprint density at radius 3 is 2.19 bits per heavy atom. The largest absolute Gasteiger partial charge is 0.493 e. The van der Waals surface area contributed by atoms with Gasteiger partial charge in [0.1, 0.15) is 0 Å². The average Bonchev–Trinajstić information content (AvgIpc) is 3.42. The molecule has 1 aromatic heterocycles. The van der Waals surface area contributed by atoms with Crippen molar-refractivity contribution in [2.45, 2.75) is 104 Å². The van der Waals surface area contributed by atoms with E-state index in [0.29, 0.717) is 18.9 Å². The first-order chi connectivity index (χ1) is 20.5. The second kappa shape index (κ2) is 19.2. The molecule has 0 aliphatic carbocycles. The zero-order valence-corrected chi connectivity index (χ0v) is 27.1. The van der Waals surface area contributed by atoms with Crippen LogP contribution in [0, 0.1) is 6.92 Å². The van der Waals surface area contributed by atoms with Crippen molar-refractivity contribution in [1.29, 1.82) is 0 Å². The molecule has 0 saturated carbocycles. The number of methoxy groups -OCH3 is 1. The van der Waals surface area contributed by atoms with Gasteiger partial charge in [-0.2, -0.15) is 4.57 Å². The summed E-state index contributed by atoms with van der Waals surface area (Å²) in [4.78, 5) is 15.9. The fraction of sp³-hybridized carbons (Fsp3) is 0.543. The van der Waals surface area contributed by atoms with Crippen LogP contribution in [-0.4, -0.2) is 26.8 Å². The highest BCUT2D eigenvalue weighted by molar-refractivity contribution is 7.09. The monoisotopic (exact) mass is 594 g/mol. The van der Waals surface area contributed by atoms with E-state index in [2.05, 4.69) is 47.6 Å². The Hall–Kier alpha value is -3.06. The van der Waals surface area contributed by atoms with E-state index in [1.807, 2.05) is 30.3 Å². The summed E-state index contributed by atoms with van der Waals surface area (Å²) in [5, 5.41) is 2.79. The third-order valence-corrected chi connectivity index (χ3v) is 8.45. The Balaban J connectivity index is 1.47. The van der Waals surface area contributed by atoms with E-state index >= 15 is 0 Å². The summed E-state index contributed by atoms with van der Waals surface area (Å²) >= 11 is 1.73. The minimum Gasteiger partial charge on any atom is -0.493 e. The number of unbranched alkanes of at least 4 members (excludes halogenated alkanes) is 11. The molecule has 0 aliphatic rings. The number of carbonyl (C=O) groups is 1. The number of amides is 2. The van der Waals surface area contributed by atoms with Crippen LogP contribution in [-0.2, 0) is 13.1 Å². The van der Waals surface area contributed by atoms with E-state index in [0.717, 1.165) is 35.5 Å². The number of hydrogen-bond acceptors (Lipinski definition) is 4. The number of benzene rings is 2. The van der Waals surface area contributed by atoms with Crippen molar-refractivity contribution < 1.29 is 18.8 Å². The lowest BCUT2D eigenvalue weighted by Crippen LogP contribution is -2.38. The van der Waals surface area contributed by atoms with Gasteiger partial charge in [-0.15, -0.1) is 0 Å². The van der Waals surface area contributed by atoms with Gasteiger partial charge < -0.3 is 14.8 Å². The number of nitrogens with zero attached hydrogens (tertiary/aromatic N) is 2. The van der Waals surface area contributed by atoms with Gasteiger partial charge in [0, 0.05) is 18.3 Å². The quantitative estimate of drug-likeness (QED) is 0.105. The lowest BCUT2D eigenvalue weighted by atomic mass is 10.1. The number of thiazole rings is 1. The summed E-state index contributed by atoms with van der Waals surface area (Å²) in [6.45, 7) is 6.25. The molecule has 42 heavy (non-hydrogen) atoms. The average molecular weight is 595 g/mol. The zero-order valence-electron chi connectivity index (χ0n) is 26.3. The number of urea groups is 1. The van der Waals surface area contributed by atoms with Crippen molar-refractivity contribution in [2.75, 3.05) is 25.7 Å². The molecular weight excluding hydrogens is 542 g/mol. The van der Waals surface area contributed by atoms with Gasteiger partial charge in [-0.25, -0.2) is 4.79 Å². The minimum absolute atomic E-state index is 0.155. The van der Waals surface area contributed by atoms with Crippen LogP contribution >= 0.6 is 11.3 Å². The minimum atomic E-state index is -0.155. The summed E-state index contributed by atoms with van der Waals surface area (Å²) in [5.74, 6) is 1.45. The Labute approximate surface area is 258 Å². The molecule has 7 heteroatoms. The van der Waals surface area contributed by atoms with Crippen molar-refractivity contribution >= 4 is 23.1 Å². The van der Waals surface area contributed by atoms with Crippen LogP contribution in [0.2, 0.25) is 0 Å². The molecule has 3 aromatic rings. The number of nitrogens with one attached hydrogen (secondary N) is 1. The van der Waals surface area contributed by atoms with Crippen LogP contribution in [0.3, 0.4) is 0 Å². The molecule has 2 amide bonds. The molecule has 1 N–H and O–H groups in total. The number of aromatic nitrogens is 1. The van der Waals surface area contributed by atoms with Crippen LogP contribution in [0.25, 0.3) is 0 Å². The number of hydrogen-bond donors (Lipinski definition) is 1. The molecule has 6 nitrogen and oxygen atoms in total. The van der Waals surface area contributed by atoms with Crippen LogP contribution in [0.15, 0.2) is 54.2 Å². The van der Waals surface area contributed by atoms with E-state index < -0.39 is 0 Å². The molecule has 1 heterocycles. The summed E-state index contributed by atoms with van der Waals surface area (Å²) in [6.07, 6.45) is 18.0. The molecule has 0 radical (unpaired) electrons.